The Morgan fingerprint density at radius 2 is 2.14 bits per heavy atom. The molecule has 2 aromatic rings. The zero-order valence-corrected chi connectivity index (χ0v) is 12.1. The van der Waals surface area contributed by atoms with Crippen LogP contribution in [-0.2, 0) is 6.42 Å². The van der Waals surface area contributed by atoms with Gasteiger partial charge in [-0.25, -0.2) is 4.79 Å². The molecular weight excluding hydrogens is 290 g/mol. The summed E-state index contributed by atoms with van der Waals surface area (Å²) in [6, 6.07) is 6.80. The van der Waals surface area contributed by atoms with E-state index in [0.29, 0.717) is 17.2 Å². The number of carboxylic acid groups (broad SMARTS) is 1. The fourth-order valence-electron chi connectivity index (χ4n) is 2.27. The minimum absolute atomic E-state index is 0.121. The second-order valence-electron chi connectivity index (χ2n) is 4.78. The first kappa shape index (κ1) is 13.6. The van der Waals surface area contributed by atoms with Gasteiger partial charge in [0.1, 0.15) is 10.8 Å². The van der Waals surface area contributed by atoms with E-state index in [-0.39, 0.29) is 11.5 Å². The first-order chi connectivity index (χ1) is 10.0. The van der Waals surface area contributed by atoms with Gasteiger partial charge in [0.05, 0.1) is 12.2 Å². The van der Waals surface area contributed by atoms with Crippen molar-refractivity contribution in [3.05, 3.63) is 45.8 Å². The number of benzene rings is 1. The molecule has 108 valence electrons. The smallest absolute Gasteiger partial charge is 0.338 e. The SMILES string of the molecule is Cc1cc(C(=O)O)c(NC(=O)c2ccc3c(c2)CCO3)s1. The van der Waals surface area contributed by atoms with Crippen LogP contribution < -0.4 is 10.1 Å². The molecule has 0 saturated carbocycles. The molecule has 0 fully saturated rings. The van der Waals surface area contributed by atoms with Crippen molar-refractivity contribution in [3.8, 4) is 5.75 Å². The summed E-state index contributed by atoms with van der Waals surface area (Å²) < 4.78 is 5.40. The third kappa shape index (κ3) is 2.62. The van der Waals surface area contributed by atoms with E-state index in [4.69, 9.17) is 9.84 Å². The summed E-state index contributed by atoms with van der Waals surface area (Å²) >= 11 is 1.25. The number of carbonyl (C=O) groups excluding carboxylic acids is 1. The average molecular weight is 303 g/mol. The monoisotopic (exact) mass is 303 g/mol. The third-order valence-corrected chi connectivity index (χ3v) is 4.23. The summed E-state index contributed by atoms with van der Waals surface area (Å²) in [5.41, 5.74) is 1.63. The van der Waals surface area contributed by atoms with Crippen molar-refractivity contribution in [3.63, 3.8) is 0 Å². The fraction of sp³-hybridized carbons (Fsp3) is 0.200. The number of aromatic carboxylic acids is 1. The second kappa shape index (κ2) is 5.21. The molecule has 2 N–H and O–H groups in total. The van der Waals surface area contributed by atoms with Gasteiger partial charge in [-0.1, -0.05) is 0 Å². The number of ether oxygens (including phenoxy) is 1. The maximum atomic E-state index is 12.3. The molecule has 0 saturated heterocycles. The van der Waals surface area contributed by atoms with Crippen LogP contribution in [0.2, 0.25) is 0 Å². The van der Waals surface area contributed by atoms with Crippen molar-refractivity contribution < 1.29 is 19.4 Å². The third-order valence-electron chi connectivity index (χ3n) is 3.26. The van der Waals surface area contributed by atoms with Crippen molar-refractivity contribution in [2.75, 3.05) is 11.9 Å². The van der Waals surface area contributed by atoms with Crippen LogP contribution in [0, 0.1) is 6.92 Å². The average Bonchev–Trinajstić information content (AvgIpc) is 3.04. The predicted octanol–water partition coefficient (Wildman–Crippen LogP) is 2.94. The number of fused-ring (bicyclic) bond motifs is 1. The number of amides is 1. The highest BCUT2D eigenvalue weighted by atomic mass is 32.1. The normalized spacial score (nSPS) is 12.6. The quantitative estimate of drug-likeness (QED) is 0.914. The Kier molecular flexibility index (Phi) is 3.39. The van der Waals surface area contributed by atoms with E-state index in [9.17, 15) is 9.59 Å². The first-order valence-electron chi connectivity index (χ1n) is 6.45. The lowest BCUT2D eigenvalue weighted by molar-refractivity contribution is 0.0698. The highest BCUT2D eigenvalue weighted by Crippen LogP contribution is 2.29. The summed E-state index contributed by atoms with van der Waals surface area (Å²) in [6.07, 6.45) is 0.787. The van der Waals surface area contributed by atoms with Crippen molar-refractivity contribution in [1.82, 2.24) is 0 Å². The largest absolute Gasteiger partial charge is 0.493 e. The molecule has 5 nitrogen and oxygen atoms in total. The molecule has 6 heteroatoms. The van der Waals surface area contributed by atoms with E-state index < -0.39 is 5.97 Å². The summed E-state index contributed by atoms with van der Waals surface area (Å²) in [7, 11) is 0. The van der Waals surface area contributed by atoms with Gasteiger partial charge in [0.2, 0.25) is 0 Å². The van der Waals surface area contributed by atoms with E-state index in [2.05, 4.69) is 5.32 Å². The van der Waals surface area contributed by atoms with Crippen LogP contribution in [0.1, 0.15) is 31.2 Å². The number of carbonyl (C=O) groups is 2. The van der Waals surface area contributed by atoms with E-state index in [0.717, 1.165) is 22.6 Å². The minimum atomic E-state index is -1.04. The van der Waals surface area contributed by atoms with Gasteiger partial charge in [0.25, 0.3) is 5.91 Å². The van der Waals surface area contributed by atoms with Gasteiger partial charge in [-0.05, 0) is 36.8 Å². The molecule has 2 heterocycles. The van der Waals surface area contributed by atoms with Crippen LogP contribution in [0.25, 0.3) is 0 Å². The molecule has 0 bridgehead atoms. The minimum Gasteiger partial charge on any atom is -0.493 e. The first-order valence-corrected chi connectivity index (χ1v) is 7.27. The van der Waals surface area contributed by atoms with Crippen molar-refractivity contribution in [2.24, 2.45) is 0 Å². The Hall–Kier alpha value is -2.34. The number of carboxylic acids is 1. The molecule has 0 aliphatic carbocycles. The molecule has 1 aliphatic heterocycles. The molecule has 21 heavy (non-hydrogen) atoms. The molecular formula is C15H13NO4S. The summed E-state index contributed by atoms with van der Waals surface area (Å²) in [4.78, 5) is 24.2. The zero-order chi connectivity index (χ0) is 15.0. The Balaban J connectivity index is 1.85. The summed E-state index contributed by atoms with van der Waals surface area (Å²) in [6.45, 7) is 2.44. The van der Waals surface area contributed by atoms with E-state index in [1.165, 1.54) is 11.3 Å². The highest BCUT2D eigenvalue weighted by molar-refractivity contribution is 7.16. The van der Waals surface area contributed by atoms with Crippen molar-refractivity contribution in [1.29, 1.82) is 0 Å². The Morgan fingerprint density at radius 3 is 2.90 bits per heavy atom. The van der Waals surface area contributed by atoms with Gasteiger partial charge >= 0.3 is 5.97 Å². The number of thiophene rings is 1. The molecule has 0 radical (unpaired) electrons. The van der Waals surface area contributed by atoms with Crippen LogP contribution in [-0.4, -0.2) is 23.6 Å². The Labute approximate surface area is 125 Å². The van der Waals surface area contributed by atoms with Gasteiger partial charge in [0, 0.05) is 16.9 Å². The lowest BCUT2D eigenvalue weighted by Gasteiger charge is -2.06. The number of hydrogen-bond acceptors (Lipinski definition) is 4. The van der Waals surface area contributed by atoms with E-state index in [1.54, 1.807) is 31.2 Å². The topological polar surface area (TPSA) is 75.6 Å². The summed E-state index contributed by atoms with van der Waals surface area (Å²) in [5, 5.41) is 12.2. The van der Waals surface area contributed by atoms with Crippen molar-refractivity contribution in [2.45, 2.75) is 13.3 Å². The Morgan fingerprint density at radius 1 is 1.33 bits per heavy atom. The van der Waals surface area contributed by atoms with Gasteiger partial charge in [-0.15, -0.1) is 11.3 Å². The van der Waals surface area contributed by atoms with Crippen LogP contribution in [0.3, 0.4) is 0 Å². The lowest BCUT2D eigenvalue weighted by Crippen LogP contribution is -2.13. The maximum absolute atomic E-state index is 12.3. The molecule has 0 atom stereocenters. The number of nitrogens with one attached hydrogen (secondary N) is 1. The lowest BCUT2D eigenvalue weighted by atomic mass is 10.1. The molecule has 1 amide bonds. The van der Waals surface area contributed by atoms with Gasteiger partial charge < -0.3 is 15.2 Å². The molecule has 0 unspecified atom stereocenters. The number of anilines is 1. The van der Waals surface area contributed by atoms with E-state index >= 15 is 0 Å². The van der Waals surface area contributed by atoms with Gasteiger partial charge in [0.15, 0.2) is 0 Å². The molecule has 0 spiro atoms. The number of aryl methyl sites for hydroxylation is 1. The molecule has 1 aliphatic rings. The van der Waals surface area contributed by atoms with Gasteiger partial charge in [-0.3, -0.25) is 4.79 Å². The Bertz CT molecular complexity index is 735. The van der Waals surface area contributed by atoms with Crippen LogP contribution in [0.15, 0.2) is 24.3 Å². The predicted molar refractivity (Wildman–Crippen MR) is 79.6 cm³/mol. The van der Waals surface area contributed by atoms with Crippen LogP contribution in [0.4, 0.5) is 5.00 Å². The van der Waals surface area contributed by atoms with Crippen LogP contribution in [0.5, 0.6) is 5.75 Å². The van der Waals surface area contributed by atoms with Crippen molar-refractivity contribution >= 4 is 28.2 Å². The standard InChI is InChI=1S/C15H13NO4S/c1-8-6-11(15(18)19)14(21-8)16-13(17)10-2-3-12-9(7-10)4-5-20-12/h2-3,6-7H,4-5H2,1H3,(H,16,17)(H,18,19). The molecule has 1 aromatic heterocycles. The maximum Gasteiger partial charge on any atom is 0.338 e. The number of hydrogen-bond donors (Lipinski definition) is 2. The zero-order valence-electron chi connectivity index (χ0n) is 11.3. The molecule has 3 rings (SSSR count). The number of rotatable bonds is 3. The second-order valence-corrected chi connectivity index (χ2v) is 6.04. The fourth-order valence-corrected chi connectivity index (χ4v) is 3.17. The molecule has 1 aromatic carbocycles. The van der Waals surface area contributed by atoms with E-state index in [1.807, 2.05) is 0 Å². The highest BCUT2D eigenvalue weighted by Gasteiger charge is 2.19. The summed E-state index contributed by atoms with van der Waals surface area (Å²) in [5.74, 6) is -0.546. The van der Waals surface area contributed by atoms with Crippen LogP contribution >= 0.6 is 11.3 Å². The van der Waals surface area contributed by atoms with Gasteiger partial charge in [-0.2, -0.15) is 0 Å².